The van der Waals surface area contributed by atoms with Crippen LogP contribution >= 0.6 is 31.9 Å². The molecule has 0 bridgehead atoms. The minimum atomic E-state index is 0.126. The highest BCUT2D eigenvalue weighted by Crippen LogP contribution is 2.32. The summed E-state index contributed by atoms with van der Waals surface area (Å²) in [4.78, 5) is 0. The van der Waals surface area contributed by atoms with Gasteiger partial charge in [-0.3, -0.25) is 4.68 Å². The molecule has 1 aromatic heterocycles. The lowest BCUT2D eigenvalue weighted by Gasteiger charge is -2.23. The molecule has 0 spiro atoms. The van der Waals surface area contributed by atoms with Crippen molar-refractivity contribution in [1.82, 2.24) is 15.1 Å². The third-order valence-corrected chi connectivity index (χ3v) is 4.97. The highest BCUT2D eigenvalue weighted by Gasteiger charge is 2.22. The van der Waals surface area contributed by atoms with E-state index in [2.05, 4.69) is 92.9 Å². The molecule has 0 radical (unpaired) electrons. The Hall–Kier alpha value is -0.650. The van der Waals surface area contributed by atoms with Crippen LogP contribution in [0.3, 0.4) is 0 Å². The van der Waals surface area contributed by atoms with Gasteiger partial charge in [-0.2, -0.15) is 5.10 Å². The fourth-order valence-electron chi connectivity index (χ4n) is 2.46. The zero-order valence-electron chi connectivity index (χ0n) is 12.8. The van der Waals surface area contributed by atoms with Gasteiger partial charge in [0.25, 0.3) is 0 Å². The second kappa shape index (κ2) is 7.07. The molecular formula is C16H21Br2N3. The number of nitrogens with zero attached hydrogens (tertiary/aromatic N) is 2. The van der Waals surface area contributed by atoms with Gasteiger partial charge in [-0.1, -0.05) is 35.0 Å². The first-order chi connectivity index (χ1) is 9.95. The topological polar surface area (TPSA) is 29.9 Å². The molecule has 0 fully saturated rings. The summed E-state index contributed by atoms with van der Waals surface area (Å²) in [5.74, 6) is 0. The standard InChI is InChI=1S/C16H21Br2N3/c1-5-19-15(12-6-7-13(17)11(4)8-12)16-14(18)9-20-21(16)10(2)3/h6-10,15,19H,5H2,1-4H3. The van der Waals surface area contributed by atoms with Crippen LogP contribution in [0.15, 0.2) is 33.3 Å². The molecule has 0 saturated carbocycles. The number of halogens is 2. The van der Waals surface area contributed by atoms with Gasteiger partial charge in [0.2, 0.25) is 0 Å². The summed E-state index contributed by atoms with van der Waals surface area (Å²) in [5.41, 5.74) is 3.66. The van der Waals surface area contributed by atoms with Crippen LogP contribution in [-0.2, 0) is 0 Å². The average molecular weight is 415 g/mol. The van der Waals surface area contributed by atoms with Gasteiger partial charge in [0, 0.05) is 10.5 Å². The maximum Gasteiger partial charge on any atom is 0.0760 e. The molecule has 3 nitrogen and oxygen atoms in total. The van der Waals surface area contributed by atoms with E-state index in [1.165, 1.54) is 16.8 Å². The van der Waals surface area contributed by atoms with E-state index < -0.39 is 0 Å². The van der Waals surface area contributed by atoms with E-state index in [0.29, 0.717) is 6.04 Å². The second-order valence-corrected chi connectivity index (χ2v) is 7.12. The van der Waals surface area contributed by atoms with Crippen molar-refractivity contribution in [2.75, 3.05) is 6.54 Å². The predicted molar refractivity (Wildman–Crippen MR) is 94.7 cm³/mol. The summed E-state index contributed by atoms with van der Waals surface area (Å²) >= 11 is 7.22. The van der Waals surface area contributed by atoms with Gasteiger partial charge < -0.3 is 5.32 Å². The maximum atomic E-state index is 4.50. The van der Waals surface area contributed by atoms with E-state index in [9.17, 15) is 0 Å². The fourth-order valence-corrected chi connectivity index (χ4v) is 3.21. The van der Waals surface area contributed by atoms with Crippen LogP contribution in [0.1, 0.15) is 49.7 Å². The second-order valence-electron chi connectivity index (χ2n) is 5.42. The average Bonchev–Trinajstić information content (AvgIpc) is 2.81. The Bertz CT molecular complexity index is 620. The lowest BCUT2D eigenvalue weighted by atomic mass is 10.0. The molecule has 1 heterocycles. The van der Waals surface area contributed by atoms with Crippen molar-refractivity contribution >= 4 is 31.9 Å². The number of benzene rings is 1. The van der Waals surface area contributed by atoms with Crippen molar-refractivity contribution in [3.8, 4) is 0 Å². The van der Waals surface area contributed by atoms with Gasteiger partial charge in [-0.05, 0) is 60.4 Å². The monoisotopic (exact) mass is 413 g/mol. The van der Waals surface area contributed by atoms with Crippen LogP contribution in [0.25, 0.3) is 0 Å². The maximum absolute atomic E-state index is 4.50. The Labute approximate surface area is 143 Å². The first-order valence-corrected chi connectivity index (χ1v) is 8.76. The minimum absolute atomic E-state index is 0.126. The molecule has 2 rings (SSSR count). The predicted octanol–water partition coefficient (Wildman–Crippen LogP) is 5.00. The van der Waals surface area contributed by atoms with E-state index in [-0.39, 0.29) is 6.04 Å². The normalized spacial score (nSPS) is 12.9. The summed E-state index contributed by atoms with van der Waals surface area (Å²) in [7, 11) is 0. The van der Waals surface area contributed by atoms with Gasteiger partial charge >= 0.3 is 0 Å². The number of aromatic nitrogens is 2. The largest absolute Gasteiger partial charge is 0.305 e. The molecular weight excluding hydrogens is 394 g/mol. The molecule has 1 aromatic carbocycles. The molecule has 0 aliphatic carbocycles. The number of aryl methyl sites for hydroxylation is 1. The Kier molecular flexibility index (Phi) is 5.63. The van der Waals surface area contributed by atoms with Gasteiger partial charge in [0.05, 0.1) is 22.4 Å². The molecule has 2 aromatic rings. The summed E-state index contributed by atoms with van der Waals surface area (Å²) in [5, 5.41) is 8.08. The van der Waals surface area contributed by atoms with Gasteiger partial charge in [0.1, 0.15) is 0 Å². The van der Waals surface area contributed by atoms with Crippen molar-refractivity contribution in [2.45, 2.75) is 39.8 Å². The molecule has 5 heteroatoms. The van der Waals surface area contributed by atoms with Crippen LogP contribution in [-0.4, -0.2) is 16.3 Å². The van der Waals surface area contributed by atoms with Crippen molar-refractivity contribution in [2.24, 2.45) is 0 Å². The van der Waals surface area contributed by atoms with Gasteiger partial charge in [-0.25, -0.2) is 0 Å². The highest BCUT2D eigenvalue weighted by atomic mass is 79.9. The highest BCUT2D eigenvalue weighted by molar-refractivity contribution is 9.10. The van der Waals surface area contributed by atoms with Crippen LogP contribution in [0.2, 0.25) is 0 Å². The van der Waals surface area contributed by atoms with Crippen LogP contribution < -0.4 is 5.32 Å². The van der Waals surface area contributed by atoms with Crippen molar-refractivity contribution < 1.29 is 0 Å². The summed E-state index contributed by atoms with van der Waals surface area (Å²) < 4.78 is 4.26. The molecule has 0 saturated heterocycles. The minimum Gasteiger partial charge on any atom is -0.305 e. The van der Waals surface area contributed by atoms with Crippen molar-refractivity contribution in [3.05, 3.63) is 50.2 Å². The van der Waals surface area contributed by atoms with E-state index in [1.54, 1.807) is 0 Å². The molecule has 0 aliphatic heterocycles. The van der Waals surface area contributed by atoms with E-state index in [0.717, 1.165) is 15.5 Å². The third kappa shape index (κ3) is 3.58. The summed E-state index contributed by atoms with van der Waals surface area (Å²) in [6.07, 6.45) is 1.88. The number of hydrogen-bond acceptors (Lipinski definition) is 2. The molecule has 21 heavy (non-hydrogen) atoms. The van der Waals surface area contributed by atoms with E-state index >= 15 is 0 Å². The van der Waals surface area contributed by atoms with Crippen LogP contribution in [0.5, 0.6) is 0 Å². The van der Waals surface area contributed by atoms with E-state index in [4.69, 9.17) is 0 Å². The molecule has 0 aliphatic rings. The van der Waals surface area contributed by atoms with Gasteiger partial charge in [0.15, 0.2) is 0 Å². The fraction of sp³-hybridized carbons (Fsp3) is 0.438. The lowest BCUT2D eigenvalue weighted by molar-refractivity contribution is 0.475. The molecule has 1 unspecified atom stereocenters. The molecule has 0 amide bonds. The number of nitrogens with one attached hydrogen (secondary N) is 1. The Balaban J connectivity index is 2.53. The zero-order chi connectivity index (χ0) is 15.6. The van der Waals surface area contributed by atoms with Crippen molar-refractivity contribution in [3.63, 3.8) is 0 Å². The Morgan fingerprint density at radius 3 is 2.52 bits per heavy atom. The van der Waals surface area contributed by atoms with Crippen LogP contribution in [0.4, 0.5) is 0 Å². The molecule has 1 N–H and O–H groups in total. The Morgan fingerprint density at radius 2 is 1.95 bits per heavy atom. The summed E-state index contributed by atoms with van der Waals surface area (Å²) in [6, 6.07) is 6.94. The SMILES string of the molecule is CCNC(c1ccc(Br)c(C)c1)c1c(Br)cnn1C(C)C. The van der Waals surface area contributed by atoms with Gasteiger partial charge in [-0.15, -0.1) is 0 Å². The quantitative estimate of drug-likeness (QED) is 0.746. The van der Waals surface area contributed by atoms with Crippen molar-refractivity contribution in [1.29, 1.82) is 0 Å². The Morgan fingerprint density at radius 1 is 1.24 bits per heavy atom. The first kappa shape index (κ1) is 16.7. The first-order valence-electron chi connectivity index (χ1n) is 7.18. The van der Waals surface area contributed by atoms with E-state index in [1.807, 2.05) is 6.20 Å². The lowest BCUT2D eigenvalue weighted by Crippen LogP contribution is -2.26. The molecule has 1 atom stereocenters. The van der Waals surface area contributed by atoms with Crippen LogP contribution in [0, 0.1) is 6.92 Å². The molecule has 114 valence electrons. The number of hydrogen-bond donors (Lipinski definition) is 1. The smallest absolute Gasteiger partial charge is 0.0760 e. The summed E-state index contributed by atoms with van der Waals surface area (Å²) in [6.45, 7) is 9.45. The zero-order valence-corrected chi connectivity index (χ0v) is 16.0. The third-order valence-electron chi connectivity index (χ3n) is 3.47. The number of rotatable bonds is 5.